The second-order valence-electron chi connectivity index (χ2n) is 13.3. The minimum absolute atomic E-state index is 0.0538. The molecule has 0 radical (unpaired) electrons. The monoisotopic (exact) mass is 732 g/mol. The van der Waals surface area contributed by atoms with Crippen LogP contribution in [0.4, 0.5) is 40.7 Å². The van der Waals surface area contributed by atoms with Gasteiger partial charge in [-0.25, -0.2) is 4.79 Å². The van der Waals surface area contributed by atoms with Gasteiger partial charge in [0.15, 0.2) is 0 Å². The molecule has 0 unspecified atom stereocenters. The quantitative estimate of drug-likeness (QED) is 0.118. The van der Waals surface area contributed by atoms with Crippen molar-refractivity contribution in [2.24, 2.45) is 5.92 Å². The lowest BCUT2D eigenvalue weighted by Crippen LogP contribution is -2.47. The Morgan fingerprint density at radius 1 is 0.981 bits per heavy atom. The molecular weight excluding hydrogens is 689 g/mol. The Labute approximate surface area is 305 Å². The van der Waals surface area contributed by atoms with Crippen LogP contribution in [0.15, 0.2) is 91.0 Å². The highest BCUT2D eigenvalue weighted by Crippen LogP contribution is 2.31. The SMILES string of the molecule is C[C@H]1CN([C@@H](C)CO)C(=O)Cc2cc(NC(=O)Nc3ccc(C(F)(F)F)cc3)ccc2O[C@H]1CN(C)Cc1ccc(C(=O)Nc2ccccc2N)cc1. The van der Waals surface area contributed by atoms with Crippen LogP contribution in [0.5, 0.6) is 5.75 Å². The molecule has 5 rings (SSSR count). The second-order valence-corrected chi connectivity index (χ2v) is 13.3. The summed E-state index contributed by atoms with van der Waals surface area (Å²) in [5, 5.41) is 18.0. The number of halogens is 3. The van der Waals surface area contributed by atoms with E-state index in [1.807, 2.05) is 26.1 Å². The number of hydrogen-bond acceptors (Lipinski definition) is 7. The van der Waals surface area contributed by atoms with E-state index in [2.05, 4.69) is 20.9 Å². The number of likely N-dealkylation sites (N-methyl/N-ethyl adjacent to an activating group) is 1. The topological polar surface area (TPSA) is 149 Å². The Kier molecular flexibility index (Phi) is 12.3. The molecule has 0 aromatic heterocycles. The average Bonchev–Trinajstić information content (AvgIpc) is 3.16. The number of benzene rings is 4. The first-order valence-corrected chi connectivity index (χ1v) is 17.1. The molecule has 0 bridgehead atoms. The summed E-state index contributed by atoms with van der Waals surface area (Å²) < 4.78 is 45.4. The van der Waals surface area contributed by atoms with Crippen LogP contribution in [0.2, 0.25) is 0 Å². The molecule has 3 atom stereocenters. The number of urea groups is 1. The zero-order valence-electron chi connectivity index (χ0n) is 29.6. The predicted molar refractivity (Wildman–Crippen MR) is 198 cm³/mol. The number of aliphatic hydroxyl groups excluding tert-OH is 1. The molecule has 4 amide bonds. The fraction of sp³-hybridized carbons (Fsp3) is 0.308. The van der Waals surface area contributed by atoms with Gasteiger partial charge in [0.1, 0.15) is 11.9 Å². The molecule has 0 aliphatic carbocycles. The summed E-state index contributed by atoms with van der Waals surface area (Å²) in [5.41, 5.74) is 8.62. The Morgan fingerprint density at radius 3 is 2.30 bits per heavy atom. The number of nitrogen functional groups attached to an aromatic ring is 1. The number of para-hydroxylation sites is 2. The van der Waals surface area contributed by atoms with Gasteiger partial charge in [-0.3, -0.25) is 14.5 Å². The number of nitrogens with two attached hydrogens (primary N) is 1. The summed E-state index contributed by atoms with van der Waals surface area (Å²) in [4.78, 5) is 42.9. The highest BCUT2D eigenvalue weighted by atomic mass is 19.4. The highest BCUT2D eigenvalue weighted by Gasteiger charge is 2.32. The van der Waals surface area contributed by atoms with Crippen molar-refractivity contribution in [3.8, 4) is 5.75 Å². The molecule has 14 heteroatoms. The van der Waals surface area contributed by atoms with Gasteiger partial charge in [-0.1, -0.05) is 31.2 Å². The van der Waals surface area contributed by atoms with Crippen LogP contribution in [-0.4, -0.2) is 71.6 Å². The van der Waals surface area contributed by atoms with Crippen molar-refractivity contribution in [3.63, 3.8) is 0 Å². The van der Waals surface area contributed by atoms with Gasteiger partial charge in [-0.05, 0) is 86.3 Å². The lowest BCUT2D eigenvalue weighted by atomic mass is 10.0. The molecule has 0 saturated carbocycles. The Bertz CT molecular complexity index is 1910. The number of aliphatic hydroxyl groups is 1. The molecule has 1 aliphatic heterocycles. The predicted octanol–water partition coefficient (Wildman–Crippen LogP) is 6.46. The van der Waals surface area contributed by atoms with E-state index in [9.17, 15) is 32.7 Å². The minimum atomic E-state index is -4.50. The number of rotatable bonds is 10. The van der Waals surface area contributed by atoms with Crippen LogP contribution < -0.4 is 26.4 Å². The fourth-order valence-electron chi connectivity index (χ4n) is 6.01. The van der Waals surface area contributed by atoms with E-state index in [-0.39, 0.29) is 42.6 Å². The number of nitrogens with zero attached hydrogens (tertiary/aromatic N) is 2. The van der Waals surface area contributed by atoms with Gasteiger partial charge in [0.05, 0.1) is 36.0 Å². The number of alkyl halides is 3. The largest absolute Gasteiger partial charge is 0.488 e. The normalized spacial score (nSPS) is 16.8. The second kappa shape index (κ2) is 16.8. The summed E-state index contributed by atoms with van der Waals surface area (Å²) in [6.07, 6.45) is -4.94. The highest BCUT2D eigenvalue weighted by molar-refractivity contribution is 6.05. The van der Waals surface area contributed by atoms with Gasteiger partial charge in [-0.15, -0.1) is 0 Å². The van der Waals surface area contributed by atoms with Gasteiger partial charge in [-0.2, -0.15) is 13.2 Å². The summed E-state index contributed by atoms with van der Waals surface area (Å²) in [6, 6.07) is 22.2. The van der Waals surface area contributed by atoms with E-state index in [1.165, 1.54) is 0 Å². The number of ether oxygens (including phenoxy) is 1. The standard InChI is InChI=1S/C39H43F3N6O5/c1-24-20-48(25(2)23-49)36(50)19-28-18-31(45-38(52)44-30-14-12-29(13-15-30)39(40,41)42)16-17-34(28)53-35(24)22-47(3)21-26-8-10-27(11-9-26)37(51)46-33-7-5-4-6-32(33)43/h4-18,24-25,35,49H,19-23,43H2,1-3H3,(H,46,51)(H2,44,45,52)/t24-,25-,35-/m0/s1. The maximum atomic E-state index is 13.6. The molecule has 0 spiro atoms. The van der Waals surface area contributed by atoms with E-state index in [4.69, 9.17) is 10.5 Å². The van der Waals surface area contributed by atoms with Crippen molar-refractivity contribution in [2.75, 3.05) is 48.4 Å². The smallest absolute Gasteiger partial charge is 0.416 e. The maximum Gasteiger partial charge on any atom is 0.416 e. The Balaban J connectivity index is 1.28. The lowest BCUT2D eigenvalue weighted by Gasteiger charge is -2.34. The molecule has 4 aromatic carbocycles. The van der Waals surface area contributed by atoms with E-state index < -0.39 is 23.8 Å². The molecule has 4 aromatic rings. The molecule has 1 aliphatic rings. The number of fused-ring (bicyclic) bond motifs is 1. The first kappa shape index (κ1) is 38.6. The van der Waals surface area contributed by atoms with Crippen LogP contribution in [0, 0.1) is 5.92 Å². The van der Waals surface area contributed by atoms with Crippen LogP contribution in [-0.2, 0) is 23.9 Å². The zero-order valence-corrected chi connectivity index (χ0v) is 29.6. The zero-order chi connectivity index (χ0) is 38.3. The van der Waals surface area contributed by atoms with Crippen molar-refractivity contribution in [3.05, 3.63) is 113 Å². The van der Waals surface area contributed by atoms with Gasteiger partial charge >= 0.3 is 12.2 Å². The van der Waals surface area contributed by atoms with Crippen molar-refractivity contribution in [2.45, 2.75) is 45.1 Å². The molecule has 6 N–H and O–H groups in total. The minimum Gasteiger partial charge on any atom is -0.488 e. The van der Waals surface area contributed by atoms with Gasteiger partial charge < -0.3 is 36.4 Å². The number of carbonyl (C=O) groups excluding carboxylic acids is 3. The first-order valence-electron chi connectivity index (χ1n) is 17.1. The van der Waals surface area contributed by atoms with E-state index in [0.29, 0.717) is 53.6 Å². The third-order valence-corrected chi connectivity index (χ3v) is 9.01. The summed E-state index contributed by atoms with van der Waals surface area (Å²) in [5.74, 6) is -0.179. The molecule has 0 fully saturated rings. The molecule has 280 valence electrons. The maximum absolute atomic E-state index is 13.6. The van der Waals surface area contributed by atoms with Crippen molar-refractivity contribution >= 4 is 40.6 Å². The lowest BCUT2D eigenvalue weighted by molar-refractivity contribution is -0.137. The van der Waals surface area contributed by atoms with Gasteiger partial charge in [0, 0.05) is 48.1 Å². The first-order chi connectivity index (χ1) is 25.2. The Hall–Kier alpha value is -5.60. The number of amides is 4. The third-order valence-electron chi connectivity index (χ3n) is 9.01. The fourth-order valence-corrected chi connectivity index (χ4v) is 6.01. The summed E-state index contributed by atoms with van der Waals surface area (Å²) in [6.45, 7) is 4.88. The third kappa shape index (κ3) is 10.3. The number of nitrogens with one attached hydrogen (secondary N) is 3. The van der Waals surface area contributed by atoms with Gasteiger partial charge in [0.25, 0.3) is 5.91 Å². The van der Waals surface area contributed by atoms with E-state index in [0.717, 1.165) is 29.8 Å². The van der Waals surface area contributed by atoms with Crippen LogP contribution in [0.3, 0.4) is 0 Å². The number of hydrogen-bond donors (Lipinski definition) is 5. The Morgan fingerprint density at radius 2 is 1.64 bits per heavy atom. The average molecular weight is 733 g/mol. The number of anilines is 4. The van der Waals surface area contributed by atoms with Crippen molar-refractivity contribution in [1.82, 2.24) is 9.80 Å². The molecule has 53 heavy (non-hydrogen) atoms. The van der Waals surface area contributed by atoms with Crippen molar-refractivity contribution in [1.29, 1.82) is 0 Å². The van der Waals surface area contributed by atoms with Crippen LogP contribution in [0.25, 0.3) is 0 Å². The molecule has 11 nitrogen and oxygen atoms in total. The van der Waals surface area contributed by atoms with Crippen molar-refractivity contribution < 1.29 is 37.4 Å². The molecular formula is C39H43F3N6O5. The molecule has 0 saturated heterocycles. The van der Waals surface area contributed by atoms with Crippen LogP contribution >= 0.6 is 0 Å². The summed E-state index contributed by atoms with van der Waals surface area (Å²) in [7, 11) is 1.95. The van der Waals surface area contributed by atoms with Gasteiger partial charge in [0.2, 0.25) is 5.91 Å². The summed E-state index contributed by atoms with van der Waals surface area (Å²) >= 11 is 0. The van der Waals surface area contributed by atoms with E-state index in [1.54, 1.807) is 66.4 Å². The van der Waals surface area contributed by atoms with Crippen LogP contribution in [0.1, 0.15) is 40.9 Å². The van der Waals surface area contributed by atoms with E-state index >= 15 is 0 Å². The molecule has 1 heterocycles. The number of carbonyl (C=O) groups is 3.